The van der Waals surface area contributed by atoms with Crippen LogP contribution in [0.1, 0.15) is 62.2 Å². The van der Waals surface area contributed by atoms with Gasteiger partial charge in [0.05, 0.1) is 11.9 Å². The Morgan fingerprint density at radius 2 is 2.22 bits per heavy atom. The van der Waals surface area contributed by atoms with E-state index in [4.69, 9.17) is 4.98 Å². The molecule has 0 radical (unpaired) electrons. The lowest BCUT2D eigenvalue weighted by molar-refractivity contribution is 0.509. The first kappa shape index (κ1) is 16.7. The van der Waals surface area contributed by atoms with Crippen LogP contribution in [-0.4, -0.2) is 16.5 Å². The molecule has 2 N–H and O–H groups in total. The molecular weight excluding hydrogens is 306 g/mol. The van der Waals surface area contributed by atoms with Gasteiger partial charge in [0.15, 0.2) is 0 Å². The Balaban J connectivity index is 1.70. The maximum absolute atomic E-state index is 12.5. The molecule has 1 unspecified atom stereocenters. The fourth-order valence-electron chi connectivity index (χ4n) is 3.36. The number of rotatable bonds is 7. The number of aromatic amines is 1. The molecule has 0 saturated carbocycles. The third-order valence-corrected chi connectivity index (χ3v) is 5.86. The quantitative estimate of drug-likeness (QED) is 0.758. The van der Waals surface area contributed by atoms with Crippen LogP contribution >= 0.6 is 11.3 Å². The molecule has 23 heavy (non-hydrogen) atoms. The molecule has 1 aliphatic rings. The highest BCUT2D eigenvalue weighted by Gasteiger charge is 2.22. The number of nitrogens with zero attached hydrogens (tertiary/aromatic N) is 1. The van der Waals surface area contributed by atoms with Crippen molar-refractivity contribution in [2.75, 3.05) is 6.54 Å². The summed E-state index contributed by atoms with van der Waals surface area (Å²) in [5.41, 5.74) is 1.31. The van der Waals surface area contributed by atoms with Crippen molar-refractivity contribution in [1.82, 2.24) is 15.3 Å². The van der Waals surface area contributed by atoms with Crippen molar-refractivity contribution in [1.29, 1.82) is 0 Å². The van der Waals surface area contributed by atoms with Gasteiger partial charge in [0.2, 0.25) is 0 Å². The minimum Gasteiger partial charge on any atom is -0.310 e. The van der Waals surface area contributed by atoms with Crippen LogP contribution in [0, 0.1) is 5.92 Å². The number of H-pyrrole nitrogens is 1. The van der Waals surface area contributed by atoms with Gasteiger partial charge in [0.1, 0.15) is 10.7 Å². The first-order chi connectivity index (χ1) is 11.2. The Morgan fingerprint density at radius 3 is 3.04 bits per heavy atom. The lowest BCUT2D eigenvalue weighted by Crippen LogP contribution is -2.20. The van der Waals surface area contributed by atoms with Crippen LogP contribution < -0.4 is 10.9 Å². The average molecular weight is 334 g/mol. The summed E-state index contributed by atoms with van der Waals surface area (Å²) in [5.74, 6) is 1.49. The van der Waals surface area contributed by atoms with E-state index in [1.54, 1.807) is 11.3 Å². The van der Waals surface area contributed by atoms with Crippen LogP contribution in [0.25, 0.3) is 10.2 Å². The molecule has 1 aliphatic carbocycles. The standard InChI is InChI=1S/C18H27N3OS/c1-3-4-5-6-9-19-11-15-20-17(22)16-13-8-7-12(2)10-14(13)23-18(16)21-15/h12,19H,3-11H2,1-2H3,(H,20,21,22). The van der Waals surface area contributed by atoms with E-state index in [1.807, 2.05) is 0 Å². The minimum atomic E-state index is 0.0461. The molecule has 0 aliphatic heterocycles. The van der Waals surface area contributed by atoms with Gasteiger partial charge in [-0.3, -0.25) is 4.79 Å². The predicted octanol–water partition coefficient (Wildman–Crippen LogP) is 3.78. The van der Waals surface area contributed by atoms with Crippen LogP contribution in [0.5, 0.6) is 0 Å². The molecule has 0 spiro atoms. The number of unbranched alkanes of at least 4 members (excludes halogenated alkanes) is 3. The molecule has 3 rings (SSSR count). The highest BCUT2D eigenvalue weighted by molar-refractivity contribution is 7.18. The molecular formula is C18H27N3OS. The normalized spacial score (nSPS) is 17.6. The molecule has 0 aromatic carbocycles. The SMILES string of the molecule is CCCCCCNCc1nc2sc3c(c2c(=O)[nH]1)CCC(C)C3. The summed E-state index contributed by atoms with van der Waals surface area (Å²) in [7, 11) is 0. The van der Waals surface area contributed by atoms with Crippen LogP contribution in [0.4, 0.5) is 0 Å². The molecule has 0 saturated heterocycles. The minimum absolute atomic E-state index is 0.0461. The first-order valence-electron chi connectivity index (χ1n) is 8.93. The Hall–Kier alpha value is -1.20. The number of nitrogens with one attached hydrogen (secondary N) is 2. The number of thiophene rings is 1. The smallest absolute Gasteiger partial charge is 0.259 e. The summed E-state index contributed by atoms with van der Waals surface area (Å²) in [5, 5.41) is 4.24. The molecule has 1 atom stereocenters. The zero-order valence-electron chi connectivity index (χ0n) is 14.2. The van der Waals surface area contributed by atoms with Gasteiger partial charge in [0.25, 0.3) is 5.56 Å². The Morgan fingerprint density at radius 1 is 1.35 bits per heavy atom. The second-order valence-corrected chi connectivity index (χ2v) is 7.87. The first-order valence-corrected chi connectivity index (χ1v) is 9.74. The molecule has 2 aromatic heterocycles. The van der Waals surface area contributed by atoms with E-state index in [9.17, 15) is 4.79 Å². The number of hydrogen-bond acceptors (Lipinski definition) is 4. The Labute approximate surface area is 141 Å². The van der Waals surface area contributed by atoms with Crippen LogP contribution in [0.15, 0.2) is 4.79 Å². The molecule has 5 heteroatoms. The van der Waals surface area contributed by atoms with E-state index in [0.29, 0.717) is 6.54 Å². The van der Waals surface area contributed by atoms with E-state index >= 15 is 0 Å². The molecule has 0 bridgehead atoms. The maximum atomic E-state index is 12.5. The molecule has 0 fully saturated rings. The second kappa shape index (κ2) is 7.58. The number of aryl methyl sites for hydroxylation is 1. The van der Waals surface area contributed by atoms with Crippen LogP contribution in [-0.2, 0) is 19.4 Å². The maximum Gasteiger partial charge on any atom is 0.259 e. The van der Waals surface area contributed by atoms with E-state index in [1.165, 1.54) is 42.5 Å². The molecule has 0 amide bonds. The number of hydrogen-bond donors (Lipinski definition) is 2. The summed E-state index contributed by atoms with van der Waals surface area (Å²) in [6.07, 6.45) is 8.30. The molecule has 2 heterocycles. The van der Waals surface area contributed by atoms with Crippen molar-refractivity contribution in [2.24, 2.45) is 5.92 Å². The molecule has 126 valence electrons. The van der Waals surface area contributed by atoms with Crippen molar-refractivity contribution in [3.8, 4) is 0 Å². The highest BCUT2D eigenvalue weighted by Crippen LogP contribution is 2.35. The van der Waals surface area contributed by atoms with Crippen LogP contribution in [0.2, 0.25) is 0 Å². The van der Waals surface area contributed by atoms with E-state index < -0.39 is 0 Å². The Kier molecular flexibility index (Phi) is 5.49. The zero-order valence-corrected chi connectivity index (χ0v) is 15.0. The summed E-state index contributed by atoms with van der Waals surface area (Å²) in [6.45, 7) is 6.15. The van der Waals surface area contributed by atoms with Gasteiger partial charge in [-0.05, 0) is 43.7 Å². The molecule has 2 aromatic rings. The van der Waals surface area contributed by atoms with Gasteiger partial charge in [-0.2, -0.15) is 0 Å². The third-order valence-electron chi connectivity index (χ3n) is 4.71. The zero-order chi connectivity index (χ0) is 16.2. The molecule has 4 nitrogen and oxygen atoms in total. The van der Waals surface area contributed by atoms with Gasteiger partial charge in [0, 0.05) is 4.88 Å². The summed E-state index contributed by atoms with van der Waals surface area (Å²) in [6, 6.07) is 0. The average Bonchev–Trinajstić information content (AvgIpc) is 2.88. The summed E-state index contributed by atoms with van der Waals surface area (Å²) in [4.78, 5) is 22.5. The summed E-state index contributed by atoms with van der Waals surface area (Å²) < 4.78 is 0. The van der Waals surface area contributed by atoms with Crippen molar-refractivity contribution in [3.05, 3.63) is 26.6 Å². The fraction of sp³-hybridized carbons (Fsp3) is 0.667. The van der Waals surface area contributed by atoms with Crippen molar-refractivity contribution in [3.63, 3.8) is 0 Å². The van der Waals surface area contributed by atoms with Gasteiger partial charge >= 0.3 is 0 Å². The van der Waals surface area contributed by atoms with E-state index in [2.05, 4.69) is 24.1 Å². The fourth-order valence-corrected chi connectivity index (χ4v) is 4.76. The third kappa shape index (κ3) is 3.83. The predicted molar refractivity (Wildman–Crippen MR) is 97.3 cm³/mol. The lowest BCUT2D eigenvalue weighted by Gasteiger charge is -2.17. The second-order valence-electron chi connectivity index (χ2n) is 6.78. The lowest BCUT2D eigenvalue weighted by atomic mass is 9.89. The summed E-state index contributed by atoms with van der Waals surface area (Å²) >= 11 is 1.72. The van der Waals surface area contributed by atoms with Gasteiger partial charge < -0.3 is 10.3 Å². The monoisotopic (exact) mass is 333 g/mol. The van der Waals surface area contributed by atoms with E-state index in [-0.39, 0.29) is 5.56 Å². The van der Waals surface area contributed by atoms with Crippen molar-refractivity contribution in [2.45, 2.75) is 65.3 Å². The number of aromatic nitrogens is 2. The van der Waals surface area contributed by atoms with Crippen molar-refractivity contribution < 1.29 is 0 Å². The van der Waals surface area contributed by atoms with Gasteiger partial charge in [-0.1, -0.05) is 33.1 Å². The Bertz CT molecular complexity index is 719. The van der Waals surface area contributed by atoms with Crippen molar-refractivity contribution >= 4 is 21.6 Å². The van der Waals surface area contributed by atoms with Crippen LogP contribution in [0.3, 0.4) is 0 Å². The topological polar surface area (TPSA) is 57.8 Å². The van der Waals surface area contributed by atoms with Gasteiger partial charge in [-0.25, -0.2) is 4.98 Å². The van der Waals surface area contributed by atoms with E-state index in [0.717, 1.165) is 41.3 Å². The largest absolute Gasteiger partial charge is 0.310 e. The highest BCUT2D eigenvalue weighted by atomic mass is 32.1. The number of fused-ring (bicyclic) bond motifs is 3. The van der Waals surface area contributed by atoms with Gasteiger partial charge in [-0.15, -0.1) is 11.3 Å².